The lowest BCUT2D eigenvalue weighted by molar-refractivity contribution is -0.169. The van der Waals surface area contributed by atoms with Crippen molar-refractivity contribution in [3.8, 4) is 0 Å². The average molecular weight is 200 g/mol. The zero-order valence-corrected chi connectivity index (χ0v) is 10.8. The van der Waals surface area contributed by atoms with Gasteiger partial charge in [0.1, 0.15) is 0 Å². The van der Waals surface area contributed by atoms with Crippen LogP contribution in [0.4, 0.5) is 0 Å². The number of rotatable bonds is 1. The van der Waals surface area contributed by atoms with Crippen LogP contribution in [0.5, 0.6) is 0 Å². The minimum absolute atomic E-state index is 0.113. The molecule has 0 spiro atoms. The van der Waals surface area contributed by atoms with Gasteiger partial charge in [0.05, 0.1) is 12.5 Å². The smallest absolute Gasteiger partial charge is 0.312 e. The Morgan fingerprint density at radius 3 is 1.21 bits per heavy atom. The second-order valence-electron chi connectivity index (χ2n) is 6.12. The van der Waals surface area contributed by atoms with Gasteiger partial charge in [-0.05, 0) is 17.8 Å². The first-order valence-corrected chi connectivity index (χ1v) is 5.07. The van der Waals surface area contributed by atoms with Gasteiger partial charge in [-0.1, -0.05) is 41.5 Å². The summed E-state index contributed by atoms with van der Waals surface area (Å²) in [5.74, 6) is -0.127. The van der Waals surface area contributed by atoms with Crippen molar-refractivity contribution in [2.45, 2.75) is 48.5 Å². The number of ether oxygens (including phenoxy) is 1. The predicted molar refractivity (Wildman–Crippen MR) is 59.0 cm³/mol. The molecule has 0 aromatic carbocycles. The van der Waals surface area contributed by atoms with E-state index in [-0.39, 0.29) is 16.8 Å². The van der Waals surface area contributed by atoms with E-state index in [1.54, 1.807) is 0 Å². The lowest BCUT2D eigenvalue weighted by atomic mass is 9.55. The van der Waals surface area contributed by atoms with E-state index < -0.39 is 5.41 Å². The molecule has 0 unspecified atom stereocenters. The summed E-state index contributed by atoms with van der Waals surface area (Å²) in [6.45, 7) is 14.5. The highest BCUT2D eigenvalue weighted by Crippen LogP contribution is 2.51. The molecule has 0 aliphatic carbocycles. The van der Waals surface area contributed by atoms with Crippen molar-refractivity contribution in [1.29, 1.82) is 0 Å². The highest BCUT2D eigenvalue weighted by molar-refractivity contribution is 5.78. The lowest BCUT2D eigenvalue weighted by Crippen LogP contribution is -2.50. The molecule has 2 heteroatoms. The van der Waals surface area contributed by atoms with Crippen molar-refractivity contribution in [2.75, 3.05) is 7.11 Å². The Balaban J connectivity index is 5.40. The van der Waals surface area contributed by atoms with Crippen LogP contribution in [0.1, 0.15) is 48.5 Å². The molecule has 0 atom stereocenters. The van der Waals surface area contributed by atoms with Crippen LogP contribution in [0.25, 0.3) is 0 Å². The molecular formula is C12H24O2. The molecule has 0 aromatic heterocycles. The van der Waals surface area contributed by atoms with Crippen LogP contribution < -0.4 is 0 Å². The fourth-order valence-electron chi connectivity index (χ4n) is 1.94. The van der Waals surface area contributed by atoms with Gasteiger partial charge in [0.15, 0.2) is 0 Å². The zero-order chi connectivity index (χ0) is 11.8. The Morgan fingerprint density at radius 2 is 1.14 bits per heavy atom. The van der Waals surface area contributed by atoms with Crippen molar-refractivity contribution < 1.29 is 9.53 Å². The second-order valence-corrected chi connectivity index (χ2v) is 6.12. The molecule has 14 heavy (non-hydrogen) atoms. The van der Waals surface area contributed by atoms with Crippen LogP contribution in [-0.4, -0.2) is 13.1 Å². The van der Waals surface area contributed by atoms with E-state index >= 15 is 0 Å². The number of esters is 1. The molecule has 0 aromatic rings. The molecule has 0 fully saturated rings. The highest BCUT2D eigenvalue weighted by Gasteiger charge is 2.53. The van der Waals surface area contributed by atoms with E-state index in [1.165, 1.54) is 7.11 Å². The van der Waals surface area contributed by atoms with Crippen molar-refractivity contribution in [3.63, 3.8) is 0 Å². The summed E-state index contributed by atoms with van der Waals surface area (Å²) >= 11 is 0. The third-order valence-corrected chi connectivity index (χ3v) is 3.59. The first-order chi connectivity index (χ1) is 5.98. The largest absolute Gasteiger partial charge is 0.469 e. The summed E-state index contributed by atoms with van der Waals surface area (Å²) in [5, 5.41) is 0. The quantitative estimate of drug-likeness (QED) is 0.607. The summed E-state index contributed by atoms with van der Waals surface area (Å²) in [4.78, 5) is 11.9. The third-order valence-electron chi connectivity index (χ3n) is 3.59. The number of carbonyl (C=O) groups is 1. The van der Waals surface area contributed by atoms with Gasteiger partial charge in [-0.3, -0.25) is 4.79 Å². The summed E-state index contributed by atoms with van der Waals surface area (Å²) in [7, 11) is 1.46. The summed E-state index contributed by atoms with van der Waals surface area (Å²) < 4.78 is 4.93. The van der Waals surface area contributed by atoms with Gasteiger partial charge in [-0.2, -0.15) is 0 Å². The van der Waals surface area contributed by atoms with Crippen molar-refractivity contribution in [2.24, 2.45) is 16.2 Å². The molecule has 0 saturated carbocycles. The highest BCUT2D eigenvalue weighted by atomic mass is 16.5. The van der Waals surface area contributed by atoms with E-state index in [9.17, 15) is 4.79 Å². The summed E-state index contributed by atoms with van der Waals surface area (Å²) in [6, 6.07) is 0. The van der Waals surface area contributed by atoms with Gasteiger partial charge >= 0.3 is 5.97 Å². The standard InChI is InChI=1S/C12H24O2/c1-10(2,3)12(7,9(13)14-8)11(4,5)6/h1-8H3. The fourth-order valence-corrected chi connectivity index (χ4v) is 1.94. The van der Waals surface area contributed by atoms with Crippen LogP contribution in [0, 0.1) is 16.2 Å². The molecule has 0 aliphatic rings. The molecule has 84 valence electrons. The molecule has 0 amide bonds. The Morgan fingerprint density at radius 1 is 0.857 bits per heavy atom. The molecule has 0 aliphatic heterocycles. The van der Waals surface area contributed by atoms with E-state index in [1.807, 2.05) is 6.92 Å². The average Bonchev–Trinajstić information content (AvgIpc) is 1.97. The van der Waals surface area contributed by atoms with Crippen LogP contribution in [0.15, 0.2) is 0 Å². The molecule has 0 rings (SSSR count). The molecule has 0 radical (unpaired) electrons. The molecule has 0 bridgehead atoms. The van der Waals surface area contributed by atoms with Crippen LogP contribution >= 0.6 is 0 Å². The van der Waals surface area contributed by atoms with Gasteiger partial charge in [-0.15, -0.1) is 0 Å². The summed E-state index contributed by atoms with van der Waals surface area (Å²) in [5.41, 5.74) is -0.703. The maximum absolute atomic E-state index is 11.9. The molecule has 0 N–H and O–H groups in total. The minimum Gasteiger partial charge on any atom is -0.469 e. The molecular weight excluding hydrogens is 176 g/mol. The topological polar surface area (TPSA) is 26.3 Å². The Kier molecular flexibility index (Phi) is 3.42. The Bertz CT molecular complexity index is 201. The maximum Gasteiger partial charge on any atom is 0.312 e. The van der Waals surface area contributed by atoms with Gasteiger partial charge in [-0.25, -0.2) is 0 Å². The van der Waals surface area contributed by atoms with Crippen molar-refractivity contribution in [3.05, 3.63) is 0 Å². The second kappa shape index (κ2) is 3.56. The predicted octanol–water partition coefficient (Wildman–Crippen LogP) is 3.26. The van der Waals surface area contributed by atoms with Crippen LogP contribution in [0.3, 0.4) is 0 Å². The number of hydrogen-bond donors (Lipinski definition) is 0. The maximum atomic E-state index is 11.9. The molecule has 0 heterocycles. The number of carbonyl (C=O) groups excluding carboxylic acids is 1. The minimum atomic E-state index is -0.477. The van der Waals surface area contributed by atoms with Gasteiger partial charge < -0.3 is 4.74 Å². The van der Waals surface area contributed by atoms with E-state index in [0.29, 0.717) is 0 Å². The number of methoxy groups -OCH3 is 1. The zero-order valence-electron chi connectivity index (χ0n) is 10.8. The van der Waals surface area contributed by atoms with E-state index in [0.717, 1.165) is 0 Å². The van der Waals surface area contributed by atoms with Gasteiger partial charge in [0.2, 0.25) is 0 Å². The van der Waals surface area contributed by atoms with Crippen molar-refractivity contribution in [1.82, 2.24) is 0 Å². The molecule has 0 saturated heterocycles. The molecule has 2 nitrogen and oxygen atoms in total. The first kappa shape index (κ1) is 13.5. The van der Waals surface area contributed by atoms with Gasteiger partial charge in [0.25, 0.3) is 0 Å². The van der Waals surface area contributed by atoms with Crippen LogP contribution in [0.2, 0.25) is 0 Å². The summed E-state index contributed by atoms with van der Waals surface area (Å²) in [6.07, 6.45) is 0. The van der Waals surface area contributed by atoms with Crippen LogP contribution in [-0.2, 0) is 9.53 Å². The normalized spacial score (nSPS) is 14.0. The third kappa shape index (κ3) is 1.94. The van der Waals surface area contributed by atoms with Crippen molar-refractivity contribution >= 4 is 5.97 Å². The first-order valence-electron chi connectivity index (χ1n) is 5.07. The lowest BCUT2D eigenvalue weighted by Gasteiger charge is -2.48. The Hall–Kier alpha value is -0.530. The van der Waals surface area contributed by atoms with Gasteiger partial charge in [0, 0.05) is 0 Å². The van der Waals surface area contributed by atoms with E-state index in [4.69, 9.17) is 4.74 Å². The van der Waals surface area contributed by atoms with E-state index in [2.05, 4.69) is 41.5 Å². The number of hydrogen-bond acceptors (Lipinski definition) is 2. The SMILES string of the molecule is COC(=O)C(C)(C(C)(C)C)C(C)(C)C. The monoisotopic (exact) mass is 200 g/mol. The Labute approximate surface area is 88.0 Å². The fraction of sp³-hybridized carbons (Fsp3) is 0.917.